The van der Waals surface area contributed by atoms with E-state index in [0.717, 1.165) is 5.56 Å². The Labute approximate surface area is 116 Å². The van der Waals surface area contributed by atoms with E-state index in [2.05, 4.69) is 9.71 Å². The molecule has 19 heavy (non-hydrogen) atoms. The summed E-state index contributed by atoms with van der Waals surface area (Å²) in [4.78, 5) is 4.23. The van der Waals surface area contributed by atoms with Crippen LogP contribution in [0.25, 0.3) is 0 Å². The van der Waals surface area contributed by atoms with Gasteiger partial charge in [0.2, 0.25) is 10.0 Å². The summed E-state index contributed by atoms with van der Waals surface area (Å²) in [6.07, 6.45) is 0.520. The van der Waals surface area contributed by atoms with Gasteiger partial charge in [0, 0.05) is 12.0 Å². The maximum absolute atomic E-state index is 12.0. The largest absolute Gasteiger partial charge is 0.396 e. The highest BCUT2D eigenvalue weighted by molar-refractivity contribution is 7.89. The molecule has 0 aliphatic heterocycles. The van der Waals surface area contributed by atoms with E-state index in [0.29, 0.717) is 12.1 Å². The van der Waals surface area contributed by atoms with Gasteiger partial charge in [-0.05, 0) is 24.1 Å². The van der Waals surface area contributed by atoms with Crippen LogP contribution in [-0.2, 0) is 23.0 Å². The number of rotatable bonds is 6. The third-order valence-electron chi connectivity index (χ3n) is 2.56. The summed E-state index contributed by atoms with van der Waals surface area (Å²) in [7, 11) is -3.52. The molecule has 0 atom stereocenters. The van der Waals surface area contributed by atoms with Crippen molar-refractivity contribution in [2.24, 2.45) is 0 Å². The first-order chi connectivity index (χ1) is 9.12. The molecule has 0 unspecified atom stereocenters. The van der Waals surface area contributed by atoms with Gasteiger partial charge in [0.1, 0.15) is 0 Å². The van der Waals surface area contributed by atoms with Crippen molar-refractivity contribution < 1.29 is 13.5 Å². The average Bonchev–Trinajstić information content (AvgIpc) is 2.91. The summed E-state index contributed by atoms with van der Waals surface area (Å²) in [5, 5.41) is 10.6. The van der Waals surface area contributed by atoms with Crippen LogP contribution in [0, 0.1) is 0 Å². The SMILES string of the molecule is O=S(=O)(NCc1cscn1)c1ccc(CCO)cc1. The molecule has 7 heteroatoms. The molecule has 102 valence electrons. The lowest BCUT2D eigenvalue weighted by molar-refractivity contribution is 0.299. The molecule has 0 aliphatic rings. The second kappa shape index (κ2) is 6.25. The van der Waals surface area contributed by atoms with Crippen LogP contribution in [0.15, 0.2) is 40.1 Å². The molecule has 0 bridgehead atoms. The second-order valence-corrected chi connectivity index (χ2v) is 6.41. The number of aliphatic hydroxyl groups excluding tert-OH is 1. The van der Waals surface area contributed by atoms with Gasteiger partial charge in [0.15, 0.2) is 0 Å². The first-order valence-electron chi connectivity index (χ1n) is 5.68. The van der Waals surface area contributed by atoms with Gasteiger partial charge in [-0.1, -0.05) is 12.1 Å². The number of nitrogens with one attached hydrogen (secondary N) is 1. The lowest BCUT2D eigenvalue weighted by Crippen LogP contribution is -2.23. The number of aliphatic hydroxyl groups is 1. The van der Waals surface area contributed by atoms with E-state index in [-0.39, 0.29) is 18.0 Å². The molecule has 0 fully saturated rings. The number of thiazole rings is 1. The van der Waals surface area contributed by atoms with E-state index in [9.17, 15) is 8.42 Å². The van der Waals surface area contributed by atoms with Gasteiger partial charge in [-0.2, -0.15) is 0 Å². The zero-order valence-electron chi connectivity index (χ0n) is 10.1. The molecule has 5 nitrogen and oxygen atoms in total. The molecular formula is C12H14N2O3S2. The third-order valence-corrected chi connectivity index (χ3v) is 4.61. The number of sulfonamides is 1. The predicted octanol–water partition coefficient (Wildman–Crippen LogP) is 1.16. The molecule has 0 saturated heterocycles. The molecule has 0 amide bonds. The number of benzene rings is 1. The first kappa shape index (κ1) is 14.1. The Hall–Kier alpha value is -1.28. The topological polar surface area (TPSA) is 79.3 Å². The first-order valence-corrected chi connectivity index (χ1v) is 8.11. The van der Waals surface area contributed by atoms with Gasteiger partial charge in [-0.3, -0.25) is 0 Å². The smallest absolute Gasteiger partial charge is 0.240 e. The van der Waals surface area contributed by atoms with Crippen LogP contribution in [0.5, 0.6) is 0 Å². The Morgan fingerprint density at radius 2 is 2.00 bits per heavy atom. The van der Waals surface area contributed by atoms with Crippen molar-refractivity contribution in [3.8, 4) is 0 Å². The van der Waals surface area contributed by atoms with Crippen LogP contribution in [0.2, 0.25) is 0 Å². The van der Waals surface area contributed by atoms with Crippen LogP contribution < -0.4 is 4.72 Å². The van der Waals surface area contributed by atoms with Crippen LogP contribution >= 0.6 is 11.3 Å². The molecule has 2 N–H and O–H groups in total. The van der Waals surface area contributed by atoms with Gasteiger partial charge >= 0.3 is 0 Å². The molecule has 1 aromatic carbocycles. The summed E-state index contributed by atoms with van der Waals surface area (Å²) in [6, 6.07) is 6.48. The van der Waals surface area contributed by atoms with E-state index >= 15 is 0 Å². The Kier molecular flexibility index (Phi) is 4.65. The Morgan fingerprint density at radius 3 is 2.58 bits per heavy atom. The van der Waals surface area contributed by atoms with Gasteiger partial charge in [-0.25, -0.2) is 18.1 Å². The number of nitrogens with zero attached hydrogens (tertiary/aromatic N) is 1. The van der Waals surface area contributed by atoms with Gasteiger partial charge in [0.25, 0.3) is 0 Å². The molecule has 1 aromatic heterocycles. The summed E-state index contributed by atoms with van der Waals surface area (Å²) in [6.45, 7) is 0.235. The third kappa shape index (κ3) is 3.84. The van der Waals surface area contributed by atoms with Crippen molar-refractivity contribution in [3.63, 3.8) is 0 Å². The lowest BCUT2D eigenvalue weighted by atomic mass is 10.2. The molecule has 0 aliphatic carbocycles. The van der Waals surface area contributed by atoms with Crippen molar-refractivity contribution in [1.82, 2.24) is 9.71 Å². The molecule has 2 rings (SSSR count). The Morgan fingerprint density at radius 1 is 1.26 bits per heavy atom. The fourth-order valence-electron chi connectivity index (χ4n) is 1.54. The lowest BCUT2D eigenvalue weighted by Gasteiger charge is -2.06. The summed E-state index contributed by atoms with van der Waals surface area (Å²) >= 11 is 1.42. The van der Waals surface area contributed by atoms with E-state index in [1.807, 2.05) is 0 Å². The minimum atomic E-state index is -3.52. The van der Waals surface area contributed by atoms with Crippen LogP contribution in [0.4, 0.5) is 0 Å². The predicted molar refractivity (Wildman–Crippen MR) is 73.4 cm³/mol. The number of hydrogen-bond donors (Lipinski definition) is 2. The zero-order valence-corrected chi connectivity index (χ0v) is 11.7. The Balaban J connectivity index is 2.06. The highest BCUT2D eigenvalue weighted by Crippen LogP contribution is 2.11. The molecule has 0 radical (unpaired) electrons. The normalized spacial score (nSPS) is 11.6. The van der Waals surface area contributed by atoms with Gasteiger partial charge in [-0.15, -0.1) is 11.3 Å². The molecule has 0 spiro atoms. The fourth-order valence-corrected chi connectivity index (χ4v) is 3.10. The second-order valence-electron chi connectivity index (χ2n) is 3.92. The van der Waals surface area contributed by atoms with Crippen LogP contribution in [0.3, 0.4) is 0 Å². The minimum Gasteiger partial charge on any atom is -0.396 e. The monoisotopic (exact) mass is 298 g/mol. The van der Waals surface area contributed by atoms with Crippen molar-refractivity contribution in [2.75, 3.05) is 6.61 Å². The number of hydrogen-bond acceptors (Lipinski definition) is 5. The number of aromatic nitrogens is 1. The fraction of sp³-hybridized carbons (Fsp3) is 0.250. The maximum atomic E-state index is 12.0. The molecule has 1 heterocycles. The maximum Gasteiger partial charge on any atom is 0.240 e. The zero-order chi connectivity index (χ0) is 13.7. The van der Waals surface area contributed by atoms with Gasteiger partial charge in [0.05, 0.1) is 22.6 Å². The van der Waals surface area contributed by atoms with Crippen LogP contribution in [0.1, 0.15) is 11.3 Å². The van der Waals surface area contributed by atoms with Crippen LogP contribution in [-0.4, -0.2) is 25.1 Å². The highest BCUT2D eigenvalue weighted by Gasteiger charge is 2.13. The average molecular weight is 298 g/mol. The molecule has 2 aromatic rings. The minimum absolute atomic E-state index is 0.0498. The molecule has 0 saturated carbocycles. The Bertz CT molecular complexity index is 607. The highest BCUT2D eigenvalue weighted by atomic mass is 32.2. The van der Waals surface area contributed by atoms with E-state index in [1.54, 1.807) is 23.0 Å². The van der Waals surface area contributed by atoms with Crippen molar-refractivity contribution in [2.45, 2.75) is 17.9 Å². The van der Waals surface area contributed by atoms with E-state index in [4.69, 9.17) is 5.11 Å². The summed E-state index contributed by atoms with van der Waals surface area (Å²) in [5.74, 6) is 0. The van der Waals surface area contributed by atoms with Crippen molar-refractivity contribution in [3.05, 3.63) is 46.4 Å². The van der Waals surface area contributed by atoms with E-state index < -0.39 is 10.0 Å². The quantitative estimate of drug-likeness (QED) is 0.838. The van der Waals surface area contributed by atoms with Crippen molar-refractivity contribution in [1.29, 1.82) is 0 Å². The molecular weight excluding hydrogens is 284 g/mol. The summed E-state index contributed by atoms with van der Waals surface area (Å²) < 4.78 is 26.5. The standard InChI is InChI=1S/C12H14N2O3S2/c15-6-5-10-1-3-12(4-2-10)19(16,17)14-7-11-8-18-9-13-11/h1-4,8-9,14-15H,5-7H2. The van der Waals surface area contributed by atoms with Gasteiger partial charge < -0.3 is 5.11 Å². The summed E-state index contributed by atoms with van der Waals surface area (Å²) in [5.41, 5.74) is 3.26. The van der Waals surface area contributed by atoms with Crippen molar-refractivity contribution >= 4 is 21.4 Å². The van der Waals surface area contributed by atoms with E-state index in [1.165, 1.54) is 23.5 Å².